The molecule has 5 nitrogen and oxygen atoms in total. The first-order chi connectivity index (χ1) is 11.1. The predicted molar refractivity (Wildman–Crippen MR) is 92.8 cm³/mol. The molecule has 2 rings (SSSR count). The largest absolute Gasteiger partial charge is 0.453 e. The molecule has 1 N–H and O–H groups in total. The fourth-order valence-corrected chi connectivity index (χ4v) is 2.34. The average Bonchev–Trinajstić information content (AvgIpc) is 2.61. The van der Waals surface area contributed by atoms with Crippen molar-refractivity contribution in [3.8, 4) is 0 Å². The summed E-state index contributed by atoms with van der Waals surface area (Å²) in [4.78, 5) is 22.8. The summed E-state index contributed by atoms with van der Waals surface area (Å²) < 4.78 is 4.77. The van der Waals surface area contributed by atoms with Gasteiger partial charge in [-0.2, -0.15) is 0 Å². The number of rotatable bonds is 4. The number of anilines is 1. The molecule has 128 valence electrons. The third kappa shape index (κ3) is 7.88. The minimum absolute atomic E-state index is 0.209. The molecule has 0 radical (unpaired) electrons. The highest BCUT2D eigenvalue weighted by Crippen LogP contribution is 2.18. The van der Waals surface area contributed by atoms with Gasteiger partial charge in [0.1, 0.15) is 0 Å². The number of carbonyl (C=O) groups is 2. The lowest BCUT2D eigenvalue weighted by Crippen LogP contribution is -2.41. The molecule has 0 spiro atoms. The number of amides is 1. The SMILES string of the molecule is CCC(=O)Cl.COC(=O)N1CCCC(CNc2ccccc2)C1. The Bertz CT molecular complexity index is 482. The molecule has 1 aliphatic heterocycles. The quantitative estimate of drug-likeness (QED) is 0.848. The van der Waals surface area contributed by atoms with Crippen LogP contribution in [-0.4, -0.2) is 43.0 Å². The van der Waals surface area contributed by atoms with Crippen molar-refractivity contribution in [1.29, 1.82) is 0 Å². The zero-order valence-electron chi connectivity index (χ0n) is 13.8. The van der Waals surface area contributed by atoms with Crippen LogP contribution in [-0.2, 0) is 9.53 Å². The first-order valence-electron chi connectivity index (χ1n) is 7.87. The van der Waals surface area contributed by atoms with E-state index < -0.39 is 0 Å². The molecule has 1 fully saturated rings. The lowest BCUT2D eigenvalue weighted by atomic mass is 9.98. The third-order valence-corrected chi connectivity index (χ3v) is 3.87. The van der Waals surface area contributed by atoms with Crippen LogP contribution in [0.15, 0.2) is 30.3 Å². The van der Waals surface area contributed by atoms with Crippen LogP contribution in [0, 0.1) is 5.92 Å². The molecule has 1 heterocycles. The second-order valence-electron chi connectivity index (χ2n) is 5.38. The van der Waals surface area contributed by atoms with Crippen LogP contribution in [0.4, 0.5) is 10.5 Å². The Kier molecular flexibility index (Phi) is 9.14. The number of nitrogens with one attached hydrogen (secondary N) is 1. The maximum absolute atomic E-state index is 11.5. The van der Waals surface area contributed by atoms with Crippen LogP contribution >= 0.6 is 11.6 Å². The Labute approximate surface area is 142 Å². The molecule has 0 aromatic heterocycles. The number of hydrogen-bond donors (Lipinski definition) is 1. The number of benzene rings is 1. The molecular weight excluding hydrogens is 316 g/mol. The Morgan fingerprint density at radius 1 is 1.35 bits per heavy atom. The van der Waals surface area contributed by atoms with Gasteiger partial charge in [-0.15, -0.1) is 0 Å². The summed E-state index contributed by atoms with van der Waals surface area (Å²) in [6.07, 6.45) is 2.44. The summed E-state index contributed by atoms with van der Waals surface area (Å²) in [5.74, 6) is 0.498. The van der Waals surface area contributed by atoms with E-state index in [0.717, 1.165) is 38.2 Å². The lowest BCUT2D eigenvalue weighted by molar-refractivity contribution is -0.111. The Balaban J connectivity index is 0.000000463. The highest BCUT2D eigenvalue weighted by atomic mass is 35.5. The monoisotopic (exact) mass is 340 g/mol. The number of nitrogens with zero attached hydrogens (tertiary/aromatic N) is 1. The predicted octanol–water partition coefficient (Wildman–Crippen LogP) is 3.74. The van der Waals surface area contributed by atoms with Crippen LogP contribution in [0.25, 0.3) is 0 Å². The molecule has 1 amide bonds. The second-order valence-corrected chi connectivity index (χ2v) is 5.80. The van der Waals surface area contributed by atoms with Crippen molar-refractivity contribution < 1.29 is 14.3 Å². The molecular formula is C17H25ClN2O3. The van der Waals surface area contributed by atoms with E-state index in [2.05, 4.69) is 17.4 Å². The summed E-state index contributed by atoms with van der Waals surface area (Å²) in [6, 6.07) is 10.2. The molecule has 23 heavy (non-hydrogen) atoms. The minimum Gasteiger partial charge on any atom is -0.453 e. The van der Waals surface area contributed by atoms with E-state index in [1.807, 2.05) is 18.2 Å². The Morgan fingerprint density at radius 2 is 2.00 bits per heavy atom. The van der Waals surface area contributed by atoms with Crippen molar-refractivity contribution in [2.24, 2.45) is 5.92 Å². The fourth-order valence-electron chi connectivity index (χ4n) is 2.34. The van der Waals surface area contributed by atoms with Gasteiger partial charge in [-0.3, -0.25) is 4.79 Å². The van der Waals surface area contributed by atoms with Crippen molar-refractivity contribution in [2.45, 2.75) is 26.2 Å². The molecule has 1 aliphatic rings. The van der Waals surface area contributed by atoms with Gasteiger partial charge < -0.3 is 15.0 Å². The summed E-state index contributed by atoms with van der Waals surface area (Å²) in [5.41, 5.74) is 1.13. The van der Waals surface area contributed by atoms with Crippen LogP contribution in [0.3, 0.4) is 0 Å². The summed E-state index contributed by atoms with van der Waals surface area (Å²) in [6.45, 7) is 4.22. The van der Waals surface area contributed by atoms with Crippen molar-refractivity contribution in [2.75, 3.05) is 32.1 Å². The molecule has 6 heteroatoms. The van der Waals surface area contributed by atoms with Gasteiger partial charge in [0, 0.05) is 31.7 Å². The number of para-hydroxylation sites is 1. The van der Waals surface area contributed by atoms with Crippen LogP contribution in [0.1, 0.15) is 26.2 Å². The van der Waals surface area contributed by atoms with Crippen molar-refractivity contribution in [3.05, 3.63) is 30.3 Å². The number of carbonyl (C=O) groups excluding carboxylic acids is 2. The molecule has 1 atom stereocenters. The first-order valence-corrected chi connectivity index (χ1v) is 8.24. The van der Waals surface area contributed by atoms with Gasteiger partial charge in [-0.05, 0) is 42.5 Å². The Morgan fingerprint density at radius 3 is 2.57 bits per heavy atom. The van der Waals surface area contributed by atoms with Gasteiger partial charge in [-0.1, -0.05) is 25.1 Å². The van der Waals surface area contributed by atoms with E-state index in [0.29, 0.717) is 12.3 Å². The van der Waals surface area contributed by atoms with Gasteiger partial charge in [0.15, 0.2) is 0 Å². The van der Waals surface area contributed by atoms with Crippen LogP contribution < -0.4 is 5.32 Å². The van der Waals surface area contributed by atoms with E-state index in [4.69, 9.17) is 16.3 Å². The van der Waals surface area contributed by atoms with Gasteiger partial charge in [-0.25, -0.2) is 4.79 Å². The summed E-state index contributed by atoms with van der Waals surface area (Å²) in [5, 5.41) is 3.14. The molecule has 0 saturated carbocycles. The molecule has 1 aromatic rings. The van der Waals surface area contributed by atoms with Gasteiger partial charge in [0.25, 0.3) is 0 Å². The smallest absolute Gasteiger partial charge is 0.409 e. The average molecular weight is 341 g/mol. The maximum Gasteiger partial charge on any atom is 0.409 e. The standard InChI is InChI=1S/C14H20N2O2.C3H5ClO/c1-18-14(17)16-9-5-6-12(11-16)10-15-13-7-3-2-4-8-13;1-2-3(4)5/h2-4,7-8,12,15H,5-6,9-11H2,1H3;2H2,1H3. The second kappa shape index (κ2) is 10.9. The number of hydrogen-bond acceptors (Lipinski definition) is 4. The van der Waals surface area contributed by atoms with Crippen molar-refractivity contribution >= 4 is 28.6 Å². The van der Waals surface area contributed by atoms with E-state index in [-0.39, 0.29) is 11.3 Å². The normalized spacial score (nSPS) is 16.8. The summed E-state index contributed by atoms with van der Waals surface area (Å²) in [7, 11) is 1.44. The molecule has 0 aliphatic carbocycles. The van der Waals surface area contributed by atoms with Crippen molar-refractivity contribution in [3.63, 3.8) is 0 Å². The number of likely N-dealkylation sites (tertiary alicyclic amines) is 1. The third-order valence-electron chi connectivity index (χ3n) is 3.60. The van der Waals surface area contributed by atoms with Crippen LogP contribution in [0.2, 0.25) is 0 Å². The van der Waals surface area contributed by atoms with Crippen LogP contribution in [0.5, 0.6) is 0 Å². The zero-order valence-corrected chi connectivity index (χ0v) is 14.5. The first kappa shape index (κ1) is 19.3. The highest BCUT2D eigenvalue weighted by molar-refractivity contribution is 6.63. The number of halogens is 1. The zero-order chi connectivity index (χ0) is 17.1. The summed E-state index contributed by atoms with van der Waals surface area (Å²) >= 11 is 4.82. The number of methoxy groups -OCH3 is 1. The molecule has 0 bridgehead atoms. The van der Waals surface area contributed by atoms with E-state index in [1.54, 1.807) is 11.8 Å². The minimum atomic E-state index is -0.273. The number of piperidine rings is 1. The molecule has 1 unspecified atom stereocenters. The van der Waals surface area contributed by atoms with E-state index in [9.17, 15) is 9.59 Å². The van der Waals surface area contributed by atoms with Crippen molar-refractivity contribution in [1.82, 2.24) is 4.90 Å². The number of ether oxygens (including phenoxy) is 1. The molecule has 1 aromatic carbocycles. The van der Waals surface area contributed by atoms with Gasteiger partial charge in [0.2, 0.25) is 5.24 Å². The van der Waals surface area contributed by atoms with Gasteiger partial charge >= 0.3 is 6.09 Å². The fraction of sp³-hybridized carbons (Fsp3) is 0.529. The van der Waals surface area contributed by atoms with Gasteiger partial charge in [0.05, 0.1) is 7.11 Å². The Hall–Kier alpha value is -1.75. The topological polar surface area (TPSA) is 58.6 Å². The molecule has 1 saturated heterocycles. The lowest BCUT2D eigenvalue weighted by Gasteiger charge is -2.31. The highest BCUT2D eigenvalue weighted by Gasteiger charge is 2.23. The maximum atomic E-state index is 11.5. The van der Waals surface area contributed by atoms with E-state index >= 15 is 0 Å². The van der Waals surface area contributed by atoms with E-state index in [1.165, 1.54) is 7.11 Å².